The minimum absolute atomic E-state index is 0.0272. The lowest BCUT2D eigenvalue weighted by atomic mass is 9.89. The van der Waals surface area contributed by atoms with Crippen LogP contribution in [0.5, 0.6) is 0 Å². The smallest absolute Gasteiger partial charge is 0.137 e. The number of hydrogen-bond donors (Lipinski definition) is 2. The first-order valence-electron chi connectivity index (χ1n) is 5.94. The molecular formula is C13H17BrFNO. The molecule has 0 aromatic heterocycles. The van der Waals surface area contributed by atoms with Crippen LogP contribution < -0.4 is 5.32 Å². The van der Waals surface area contributed by atoms with E-state index in [0.29, 0.717) is 16.0 Å². The third-order valence-electron chi connectivity index (χ3n) is 3.37. The maximum atomic E-state index is 13.4. The first-order valence-corrected chi connectivity index (χ1v) is 6.73. The Kier molecular flexibility index (Phi) is 4.17. The van der Waals surface area contributed by atoms with E-state index in [1.165, 1.54) is 6.07 Å². The van der Waals surface area contributed by atoms with Crippen LogP contribution >= 0.6 is 15.9 Å². The van der Waals surface area contributed by atoms with Crippen molar-refractivity contribution < 1.29 is 9.50 Å². The fraction of sp³-hybridized carbons (Fsp3) is 0.538. The zero-order valence-electron chi connectivity index (χ0n) is 9.79. The van der Waals surface area contributed by atoms with Crippen molar-refractivity contribution in [3.05, 3.63) is 34.1 Å². The molecule has 94 valence electrons. The van der Waals surface area contributed by atoms with Crippen LogP contribution in [-0.4, -0.2) is 17.7 Å². The van der Waals surface area contributed by atoms with E-state index >= 15 is 0 Å². The predicted octanol–water partition coefficient (Wildman–Crippen LogP) is 3.01. The van der Waals surface area contributed by atoms with Gasteiger partial charge in [0, 0.05) is 6.04 Å². The summed E-state index contributed by atoms with van der Waals surface area (Å²) in [7, 11) is 0. The Morgan fingerprint density at radius 1 is 1.53 bits per heavy atom. The third-order valence-corrected chi connectivity index (χ3v) is 4.01. The highest BCUT2D eigenvalue weighted by Gasteiger charge is 2.26. The summed E-state index contributed by atoms with van der Waals surface area (Å²) in [5.74, 6) is 0.279. The van der Waals surface area contributed by atoms with Crippen LogP contribution in [0.1, 0.15) is 31.4 Å². The largest absolute Gasteiger partial charge is 0.387 e. The minimum Gasteiger partial charge on any atom is -0.387 e. The van der Waals surface area contributed by atoms with Gasteiger partial charge in [-0.15, -0.1) is 0 Å². The summed E-state index contributed by atoms with van der Waals surface area (Å²) in [4.78, 5) is 0. The lowest BCUT2D eigenvalue weighted by Gasteiger charge is -2.31. The van der Waals surface area contributed by atoms with Crippen LogP contribution in [0.25, 0.3) is 0 Å². The summed E-state index contributed by atoms with van der Waals surface area (Å²) in [5, 5.41) is 13.5. The Hall–Kier alpha value is -0.450. The van der Waals surface area contributed by atoms with Crippen molar-refractivity contribution >= 4 is 15.9 Å². The van der Waals surface area contributed by atoms with Crippen molar-refractivity contribution in [1.29, 1.82) is 0 Å². The Morgan fingerprint density at radius 3 is 2.94 bits per heavy atom. The van der Waals surface area contributed by atoms with Gasteiger partial charge in [-0.25, -0.2) is 4.39 Å². The van der Waals surface area contributed by atoms with E-state index < -0.39 is 6.10 Å². The number of rotatable bonds is 2. The van der Waals surface area contributed by atoms with E-state index in [1.807, 2.05) is 0 Å². The summed E-state index contributed by atoms with van der Waals surface area (Å²) in [6.45, 7) is 3.10. The van der Waals surface area contributed by atoms with Crippen molar-refractivity contribution in [2.45, 2.75) is 31.9 Å². The van der Waals surface area contributed by atoms with Crippen molar-refractivity contribution in [3.8, 4) is 0 Å². The summed E-state index contributed by atoms with van der Waals surface area (Å²) in [5.41, 5.74) is 0.636. The molecule has 0 saturated carbocycles. The molecule has 0 bridgehead atoms. The average molecular weight is 302 g/mol. The minimum atomic E-state index is -0.639. The molecule has 1 aromatic carbocycles. The zero-order chi connectivity index (χ0) is 12.4. The van der Waals surface area contributed by atoms with E-state index in [0.717, 1.165) is 19.4 Å². The highest BCUT2D eigenvalue weighted by atomic mass is 79.9. The molecule has 1 aliphatic heterocycles. The highest BCUT2D eigenvalue weighted by molar-refractivity contribution is 9.10. The normalized spacial score (nSPS) is 26.8. The second-order valence-corrected chi connectivity index (χ2v) is 5.66. The zero-order valence-corrected chi connectivity index (χ0v) is 11.4. The molecular weight excluding hydrogens is 285 g/mol. The Labute approximate surface area is 109 Å². The van der Waals surface area contributed by atoms with Crippen molar-refractivity contribution in [2.75, 3.05) is 6.54 Å². The molecule has 0 aliphatic carbocycles. The van der Waals surface area contributed by atoms with Gasteiger partial charge >= 0.3 is 0 Å². The molecule has 1 saturated heterocycles. The molecule has 1 fully saturated rings. The molecule has 3 atom stereocenters. The molecule has 17 heavy (non-hydrogen) atoms. The Morgan fingerprint density at radius 2 is 2.29 bits per heavy atom. The summed E-state index contributed by atoms with van der Waals surface area (Å²) in [6.07, 6.45) is 1.43. The van der Waals surface area contributed by atoms with Crippen molar-refractivity contribution in [3.63, 3.8) is 0 Å². The van der Waals surface area contributed by atoms with Crippen LogP contribution in [0, 0.1) is 11.7 Å². The van der Waals surface area contributed by atoms with Gasteiger partial charge in [0.25, 0.3) is 0 Å². The fourth-order valence-electron chi connectivity index (χ4n) is 2.32. The van der Waals surface area contributed by atoms with Crippen molar-refractivity contribution in [1.82, 2.24) is 5.32 Å². The SMILES string of the molecule is CC1CCNC(C(O)c2ccc(Br)c(F)c2)C1. The van der Waals surface area contributed by atoms with Gasteiger partial charge in [0.05, 0.1) is 10.6 Å². The van der Waals surface area contributed by atoms with E-state index in [9.17, 15) is 9.50 Å². The average Bonchev–Trinajstić information content (AvgIpc) is 2.32. The lowest BCUT2D eigenvalue weighted by Crippen LogP contribution is -2.41. The quantitative estimate of drug-likeness (QED) is 0.880. The second kappa shape index (κ2) is 5.46. The van der Waals surface area contributed by atoms with Gasteiger partial charge in [-0.2, -0.15) is 0 Å². The molecule has 1 heterocycles. The fourth-order valence-corrected chi connectivity index (χ4v) is 2.57. The predicted molar refractivity (Wildman–Crippen MR) is 69.2 cm³/mol. The van der Waals surface area contributed by atoms with E-state index in [4.69, 9.17) is 0 Å². The van der Waals surface area contributed by atoms with Crippen LogP contribution in [0.4, 0.5) is 4.39 Å². The molecule has 1 aliphatic rings. The summed E-state index contributed by atoms with van der Waals surface area (Å²) >= 11 is 3.11. The number of aliphatic hydroxyl groups excluding tert-OH is 1. The third kappa shape index (κ3) is 3.06. The van der Waals surface area contributed by atoms with Crippen LogP contribution in [0.15, 0.2) is 22.7 Å². The topological polar surface area (TPSA) is 32.3 Å². The first kappa shape index (κ1) is 13.0. The number of halogens is 2. The molecule has 4 heteroatoms. The molecule has 2 rings (SSSR count). The standard InChI is InChI=1S/C13H17BrFNO/c1-8-4-5-16-12(6-8)13(17)9-2-3-10(14)11(15)7-9/h2-3,7-8,12-13,16-17H,4-6H2,1H3. The molecule has 2 N–H and O–H groups in total. The number of aliphatic hydroxyl groups is 1. The van der Waals surface area contributed by atoms with E-state index in [2.05, 4.69) is 28.2 Å². The number of benzene rings is 1. The van der Waals surface area contributed by atoms with E-state index in [1.54, 1.807) is 12.1 Å². The maximum absolute atomic E-state index is 13.4. The number of piperidine rings is 1. The van der Waals surface area contributed by atoms with Gasteiger partial charge in [0.15, 0.2) is 0 Å². The number of nitrogens with one attached hydrogen (secondary N) is 1. The van der Waals surface area contributed by atoms with Gasteiger partial charge in [0.2, 0.25) is 0 Å². The highest BCUT2D eigenvalue weighted by Crippen LogP contribution is 2.27. The van der Waals surface area contributed by atoms with Crippen molar-refractivity contribution in [2.24, 2.45) is 5.92 Å². The summed E-state index contributed by atoms with van der Waals surface area (Å²) < 4.78 is 13.8. The van der Waals surface area contributed by atoms with Gasteiger partial charge in [-0.1, -0.05) is 13.0 Å². The van der Waals surface area contributed by atoms with Crippen LogP contribution in [0.2, 0.25) is 0 Å². The first-order chi connectivity index (χ1) is 8.08. The number of hydrogen-bond acceptors (Lipinski definition) is 2. The van der Waals surface area contributed by atoms with Gasteiger partial charge in [0.1, 0.15) is 5.82 Å². The van der Waals surface area contributed by atoms with Gasteiger partial charge < -0.3 is 10.4 Å². The Balaban J connectivity index is 2.12. The molecule has 0 amide bonds. The monoisotopic (exact) mass is 301 g/mol. The van der Waals surface area contributed by atoms with E-state index in [-0.39, 0.29) is 11.9 Å². The lowest BCUT2D eigenvalue weighted by molar-refractivity contribution is 0.101. The second-order valence-electron chi connectivity index (χ2n) is 4.81. The molecule has 1 aromatic rings. The summed E-state index contributed by atoms with van der Waals surface area (Å²) in [6, 6.07) is 4.83. The Bertz CT molecular complexity index is 399. The van der Waals surface area contributed by atoms with Crippen LogP contribution in [-0.2, 0) is 0 Å². The van der Waals surface area contributed by atoms with Gasteiger partial charge in [-0.05, 0) is 58.9 Å². The molecule has 0 spiro atoms. The van der Waals surface area contributed by atoms with Crippen LogP contribution in [0.3, 0.4) is 0 Å². The molecule has 3 unspecified atom stereocenters. The maximum Gasteiger partial charge on any atom is 0.137 e. The molecule has 2 nitrogen and oxygen atoms in total. The van der Waals surface area contributed by atoms with Gasteiger partial charge in [-0.3, -0.25) is 0 Å². The molecule has 0 radical (unpaired) electrons.